The summed E-state index contributed by atoms with van der Waals surface area (Å²) in [7, 11) is 0. The summed E-state index contributed by atoms with van der Waals surface area (Å²) >= 11 is 0. The van der Waals surface area contributed by atoms with E-state index in [-0.39, 0.29) is 5.41 Å². The number of hydrogen-bond donors (Lipinski definition) is 0. The van der Waals surface area contributed by atoms with Crippen molar-refractivity contribution in [3.63, 3.8) is 0 Å². The van der Waals surface area contributed by atoms with Gasteiger partial charge in [0.2, 0.25) is 5.91 Å². The smallest absolute Gasteiger partial charge is 0.228 e. The summed E-state index contributed by atoms with van der Waals surface area (Å²) < 4.78 is 0. The molecule has 3 nitrogen and oxygen atoms in total. The van der Waals surface area contributed by atoms with Crippen LogP contribution in [0.25, 0.3) is 0 Å². The van der Waals surface area contributed by atoms with E-state index < -0.39 is 0 Å². The lowest BCUT2D eigenvalue weighted by atomic mass is 9.84. The SMILES string of the molecule is CCC(C)(C)C(=O)N1CC2CC3CC1CN(C3)C2. The number of rotatable bonds is 2. The van der Waals surface area contributed by atoms with E-state index in [0.29, 0.717) is 11.9 Å². The van der Waals surface area contributed by atoms with Gasteiger partial charge in [0.25, 0.3) is 0 Å². The minimum absolute atomic E-state index is 0.184. The maximum absolute atomic E-state index is 12.8. The fourth-order valence-corrected chi connectivity index (χ4v) is 4.08. The minimum atomic E-state index is -0.184. The maximum atomic E-state index is 12.8. The van der Waals surface area contributed by atoms with Gasteiger partial charge in [-0.05, 0) is 31.1 Å². The lowest BCUT2D eigenvalue weighted by Gasteiger charge is -2.42. The standard InChI is InChI=1S/C15H26N2O/c1-4-15(2,3)14(18)17-9-12-5-11-6-13(17)10-16(7-11)8-12/h11-13H,4-10H2,1-3H3. The average molecular weight is 250 g/mol. The number of amides is 1. The predicted molar refractivity (Wildman–Crippen MR) is 72.2 cm³/mol. The first-order valence-corrected chi connectivity index (χ1v) is 7.53. The Balaban J connectivity index is 1.83. The molecule has 0 radical (unpaired) electrons. The second-order valence-electron chi connectivity index (χ2n) is 7.27. The molecule has 18 heavy (non-hydrogen) atoms. The molecule has 4 rings (SSSR count). The zero-order valence-corrected chi connectivity index (χ0v) is 12.0. The molecule has 0 aromatic heterocycles. The molecule has 4 unspecified atom stereocenters. The second-order valence-corrected chi connectivity index (χ2v) is 7.27. The van der Waals surface area contributed by atoms with Crippen LogP contribution in [0.3, 0.4) is 0 Å². The molecule has 4 atom stereocenters. The Hall–Kier alpha value is -0.570. The molecule has 0 N–H and O–H groups in total. The van der Waals surface area contributed by atoms with Crippen molar-refractivity contribution in [2.24, 2.45) is 17.3 Å². The molecule has 4 fully saturated rings. The van der Waals surface area contributed by atoms with E-state index in [1.165, 1.54) is 25.9 Å². The largest absolute Gasteiger partial charge is 0.338 e. The lowest BCUT2D eigenvalue weighted by molar-refractivity contribution is -0.143. The van der Waals surface area contributed by atoms with E-state index in [1.807, 2.05) is 0 Å². The van der Waals surface area contributed by atoms with Crippen LogP contribution in [0.5, 0.6) is 0 Å². The number of carbonyl (C=O) groups is 1. The van der Waals surface area contributed by atoms with Gasteiger partial charge in [-0.25, -0.2) is 0 Å². The monoisotopic (exact) mass is 250 g/mol. The molecule has 102 valence electrons. The summed E-state index contributed by atoms with van der Waals surface area (Å²) in [6, 6.07) is 0.495. The van der Waals surface area contributed by atoms with Crippen molar-refractivity contribution in [3.8, 4) is 0 Å². The van der Waals surface area contributed by atoms with Gasteiger partial charge in [0, 0.05) is 37.6 Å². The molecule has 1 amide bonds. The Morgan fingerprint density at radius 1 is 1.11 bits per heavy atom. The van der Waals surface area contributed by atoms with Crippen LogP contribution in [0, 0.1) is 17.3 Å². The molecule has 4 aliphatic rings. The third kappa shape index (κ3) is 1.97. The maximum Gasteiger partial charge on any atom is 0.228 e. The van der Waals surface area contributed by atoms with Gasteiger partial charge in [-0.15, -0.1) is 0 Å². The summed E-state index contributed by atoms with van der Waals surface area (Å²) in [6.45, 7) is 11.0. The first-order valence-electron chi connectivity index (χ1n) is 7.53. The van der Waals surface area contributed by atoms with E-state index in [2.05, 4.69) is 30.6 Å². The highest BCUT2D eigenvalue weighted by atomic mass is 16.2. The van der Waals surface area contributed by atoms with E-state index in [1.54, 1.807) is 0 Å². The van der Waals surface area contributed by atoms with E-state index in [4.69, 9.17) is 0 Å². The molecular weight excluding hydrogens is 224 g/mol. The molecule has 0 aromatic rings. The van der Waals surface area contributed by atoms with Gasteiger partial charge in [0.05, 0.1) is 0 Å². The van der Waals surface area contributed by atoms with Gasteiger partial charge in [-0.3, -0.25) is 4.79 Å². The Labute approximate surface area is 111 Å². The highest BCUT2D eigenvalue weighted by Crippen LogP contribution is 2.38. The number of piperidine rings is 2. The molecule has 4 heterocycles. The first-order chi connectivity index (χ1) is 8.49. The van der Waals surface area contributed by atoms with Gasteiger partial charge in [-0.2, -0.15) is 0 Å². The van der Waals surface area contributed by atoms with Crippen molar-refractivity contribution < 1.29 is 4.79 Å². The first kappa shape index (κ1) is 12.5. The average Bonchev–Trinajstić information content (AvgIpc) is 2.52. The molecule has 0 spiro atoms. The van der Waals surface area contributed by atoms with Crippen LogP contribution in [-0.2, 0) is 4.79 Å². The highest BCUT2D eigenvalue weighted by molar-refractivity contribution is 5.82. The molecule has 0 aromatic carbocycles. The van der Waals surface area contributed by atoms with Crippen LogP contribution in [0.2, 0.25) is 0 Å². The number of hydrogen-bond acceptors (Lipinski definition) is 2. The van der Waals surface area contributed by atoms with Crippen molar-refractivity contribution >= 4 is 5.91 Å². The summed E-state index contributed by atoms with van der Waals surface area (Å²) in [5, 5.41) is 0. The Morgan fingerprint density at radius 3 is 2.50 bits per heavy atom. The fourth-order valence-electron chi connectivity index (χ4n) is 4.08. The van der Waals surface area contributed by atoms with E-state index in [9.17, 15) is 4.79 Å². The summed E-state index contributed by atoms with van der Waals surface area (Å²) in [6.07, 6.45) is 3.54. The van der Waals surface area contributed by atoms with Crippen molar-refractivity contribution in [2.45, 2.75) is 46.1 Å². The third-order valence-corrected chi connectivity index (χ3v) is 5.39. The molecule has 4 saturated heterocycles. The summed E-state index contributed by atoms with van der Waals surface area (Å²) in [5.41, 5.74) is -0.184. The lowest BCUT2D eigenvalue weighted by Crippen LogP contribution is -2.52. The zero-order chi connectivity index (χ0) is 12.9. The number of nitrogens with zero attached hydrogens (tertiary/aromatic N) is 2. The summed E-state index contributed by atoms with van der Waals surface area (Å²) in [5.74, 6) is 1.97. The second kappa shape index (κ2) is 4.22. The number of fused-ring (bicyclic) bond motifs is 1. The Bertz CT molecular complexity index is 338. The van der Waals surface area contributed by atoms with Gasteiger partial charge in [0.15, 0.2) is 0 Å². The molecule has 0 aliphatic carbocycles. The van der Waals surface area contributed by atoms with Crippen molar-refractivity contribution in [2.75, 3.05) is 26.2 Å². The van der Waals surface area contributed by atoms with Crippen LogP contribution in [-0.4, -0.2) is 47.9 Å². The van der Waals surface area contributed by atoms with E-state index >= 15 is 0 Å². The van der Waals surface area contributed by atoms with Crippen LogP contribution in [0.15, 0.2) is 0 Å². The minimum Gasteiger partial charge on any atom is -0.338 e. The molecule has 3 heteroatoms. The van der Waals surface area contributed by atoms with Gasteiger partial charge in [-0.1, -0.05) is 20.8 Å². The van der Waals surface area contributed by atoms with E-state index in [0.717, 1.165) is 31.3 Å². The normalized spacial score (nSPS) is 38.9. The van der Waals surface area contributed by atoms with Crippen LogP contribution in [0.4, 0.5) is 0 Å². The zero-order valence-electron chi connectivity index (χ0n) is 12.0. The molecular formula is C15H26N2O. The van der Waals surface area contributed by atoms with Gasteiger partial charge in [0.1, 0.15) is 0 Å². The third-order valence-electron chi connectivity index (χ3n) is 5.39. The number of carbonyl (C=O) groups excluding carboxylic acids is 1. The van der Waals surface area contributed by atoms with Gasteiger partial charge >= 0.3 is 0 Å². The van der Waals surface area contributed by atoms with Crippen molar-refractivity contribution in [1.29, 1.82) is 0 Å². The fraction of sp³-hybridized carbons (Fsp3) is 0.933. The summed E-state index contributed by atoms with van der Waals surface area (Å²) in [4.78, 5) is 17.6. The topological polar surface area (TPSA) is 23.6 Å². The highest BCUT2D eigenvalue weighted by Gasteiger charge is 2.45. The van der Waals surface area contributed by atoms with Crippen molar-refractivity contribution in [3.05, 3.63) is 0 Å². The molecule has 4 aliphatic heterocycles. The van der Waals surface area contributed by atoms with Crippen LogP contribution >= 0.6 is 0 Å². The van der Waals surface area contributed by atoms with Crippen LogP contribution < -0.4 is 0 Å². The predicted octanol–water partition coefficient (Wildman–Crippen LogP) is 1.98. The van der Waals surface area contributed by atoms with Crippen molar-refractivity contribution in [1.82, 2.24) is 9.80 Å². The van der Waals surface area contributed by atoms with Crippen LogP contribution in [0.1, 0.15) is 40.0 Å². The molecule has 4 bridgehead atoms. The molecule has 0 saturated carbocycles. The Morgan fingerprint density at radius 2 is 1.83 bits per heavy atom. The quantitative estimate of drug-likeness (QED) is 0.748. The van der Waals surface area contributed by atoms with Gasteiger partial charge < -0.3 is 9.80 Å². The Kier molecular flexibility index (Phi) is 2.92.